The Morgan fingerprint density at radius 2 is 2.00 bits per heavy atom. The van der Waals surface area contributed by atoms with Gasteiger partial charge in [0.15, 0.2) is 0 Å². The summed E-state index contributed by atoms with van der Waals surface area (Å²) in [6.07, 6.45) is 5.39. The van der Waals surface area contributed by atoms with Gasteiger partial charge in [0.1, 0.15) is 6.04 Å². The summed E-state index contributed by atoms with van der Waals surface area (Å²) in [5.74, 6) is -0.738. The summed E-state index contributed by atoms with van der Waals surface area (Å²) in [4.78, 5) is 10.6. The number of carboxylic acid groups (broad SMARTS) is 1. The molecule has 2 N–H and O–H groups in total. The summed E-state index contributed by atoms with van der Waals surface area (Å²) in [5.41, 5.74) is 0. The summed E-state index contributed by atoms with van der Waals surface area (Å²) in [6.45, 7) is 4.88. The second-order valence-electron chi connectivity index (χ2n) is 3.31. The minimum atomic E-state index is -0.738. The van der Waals surface area contributed by atoms with Crippen LogP contribution in [0.25, 0.3) is 0 Å². The lowest BCUT2D eigenvalue weighted by atomic mass is 10.2. The van der Waals surface area contributed by atoms with Crippen LogP contribution < -0.4 is 5.32 Å². The highest BCUT2D eigenvalue weighted by Gasteiger charge is 2.12. The van der Waals surface area contributed by atoms with Crippen LogP contribution >= 0.6 is 0 Å². The first-order valence-electron chi connectivity index (χ1n) is 5.18. The Kier molecular flexibility index (Phi) is 7.69. The highest BCUT2D eigenvalue weighted by molar-refractivity contribution is 5.73. The fraction of sp³-hybridized carbons (Fsp3) is 0.900. The van der Waals surface area contributed by atoms with E-state index < -0.39 is 5.97 Å². The Morgan fingerprint density at radius 3 is 2.46 bits per heavy atom. The van der Waals surface area contributed by atoms with Crippen LogP contribution in [0.15, 0.2) is 0 Å². The lowest BCUT2D eigenvalue weighted by Crippen LogP contribution is -2.36. The van der Waals surface area contributed by atoms with Gasteiger partial charge in [0, 0.05) is 0 Å². The molecule has 0 aromatic heterocycles. The largest absolute Gasteiger partial charge is 0.480 e. The molecule has 78 valence electrons. The molecule has 0 saturated carbocycles. The molecule has 3 nitrogen and oxygen atoms in total. The molecule has 0 unspecified atom stereocenters. The summed E-state index contributed by atoms with van der Waals surface area (Å²) < 4.78 is 0. The van der Waals surface area contributed by atoms with Crippen molar-refractivity contribution in [3.8, 4) is 0 Å². The summed E-state index contributed by atoms with van der Waals surface area (Å²) >= 11 is 0. The van der Waals surface area contributed by atoms with Gasteiger partial charge in [-0.25, -0.2) is 0 Å². The first-order chi connectivity index (χ1) is 6.22. The van der Waals surface area contributed by atoms with Gasteiger partial charge < -0.3 is 10.4 Å². The number of nitrogens with one attached hydrogen (secondary N) is 1. The van der Waals surface area contributed by atoms with E-state index in [9.17, 15) is 4.79 Å². The van der Waals surface area contributed by atoms with Gasteiger partial charge in [0.05, 0.1) is 0 Å². The van der Waals surface area contributed by atoms with Crippen LogP contribution in [0.2, 0.25) is 0 Å². The molecular formula is C10H21NO2. The van der Waals surface area contributed by atoms with E-state index in [4.69, 9.17) is 5.11 Å². The van der Waals surface area contributed by atoms with E-state index in [-0.39, 0.29) is 6.04 Å². The SMILES string of the molecule is CCCCCCN[C@@H](CC)C(=O)O. The summed E-state index contributed by atoms with van der Waals surface area (Å²) in [6, 6.07) is -0.360. The van der Waals surface area contributed by atoms with Gasteiger partial charge in [-0.2, -0.15) is 0 Å². The molecule has 13 heavy (non-hydrogen) atoms. The number of hydrogen-bond donors (Lipinski definition) is 2. The van der Waals surface area contributed by atoms with E-state index in [0.717, 1.165) is 13.0 Å². The zero-order valence-corrected chi connectivity index (χ0v) is 8.68. The minimum absolute atomic E-state index is 0.360. The molecule has 0 amide bonds. The number of rotatable bonds is 8. The minimum Gasteiger partial charge on any atom is -0.480 e. The molecule has 0 bridgehead atoms. The molecule has 3 heteroatoms. The van der Waals surface area contributed by atoms with E-state index in [1.54, 1.807) is 0 Å². The fourth-order valence-electron chi connectivity index (χ4n) is 1.23. The summed E-state index contributed by atoms with van der Waals surface area (Å²) in [5, 5.41) is 11.7. The van der Waals surface area contributed by atoms with E-state index in [0.29, 0.717) is 6.42 Å². The number of unbranched alkanes of at least 4 members (excludes halogenated alkanes) is 3. The van der Waals surface area contributed by atoms with Crippen LogP contribution in [-0.4, -0.2) is 23.7 Å². The van der Waals surface area contributed by atoms with Crippen molar-refractivity contribution in [2.24, 2.45) is 0 Å². The van der Waals surface area contributed by atoms with Crippen LogP contribution in [0, 0.1) is 0 Å². The lowest BCUT2D eigenvalue weighted by Gasteiger charge is -2.11. The average molecular weight is 187 g/mol. The third-order valence-electron chi connectivity index (χ3n) is 2.13. The Morgan fingerprint density at radius 1 is 1.31 bits per heavy atom. The topological polar surface area (TPSA) is 49.3 Å². The van der Waals surface area contributed by atoms with Crippen molar-refractivity contribution in [2.75, 3.05) is 6.54 Å². The highest BCUT2D eigenvalue weighted by Crippen LogP contribution is 1.98. The molecule has 0 saturated heterocycles. The van der Waals surface area contributed by atoms with Crippen molar-refractivity contribution >= 4 is 5.97 Å². The normalized spacial score (nSPS) is 12.8. The Bertz CT molecular complexity index is 137. The molecule has 0 fully saturated rings. The van der Waals surface area contributed by atoms with Crippen LogP contribution in [0.5, 0.6) is 0 Å². The smallest absolute Gasteiger partial charge is 0.320 e. The van der Waals surface area contributed by atoms with E-state index in [2.05, 4.69) is 12.2 Å². The molecule has 1 atom stereocenters. The third kappa shape index (κ3) is 6.58. The number of carbonyl (C=O) groups is 1. The van der Waals surface area contributed by atoms with E-state index in [1.807, 2.05) is 6.92 Å². The monoisotopic (exact) mass is 187 g/mol. The van der Waals surface area contributed by atoms with Crippen LogP contribution in [0.4, 0.5) is 0 Å². The third-order valence-corrected chi connectivity index (χ3v) is 2.13. The molecule has 0 radical (unpaired) electrons. The number of aliphatic carboxylic acids is 1. The Balaban J connectivity index is 3.33. The maximum absolute atomic E-state index is 10.6. The lowest BCUT2D eigenvalue weighted by molar-refractivity contribution is -0.139. The molecule has 0 spiro atoms. The van der Waals surface area contributed by atoms with Gasteiger partial charge in [-0.05, 0) is 19.4 Å². The van der Waals surface area contributed by atoms with Gasteiger partial charge in [-0.1, -0.05) is 33.1 Å². The summed E-state index contributed by atoms with van der Waals surface area (Å²) in [7, 11) is 0. The van der Waals surface area contributed by atoms with Gasteiger partial charge in [0.25, 0.3) is 0 Å². The van der Waals surface area contributed by atoms with Gasteiger partial charge in [-0.15, -0.1) is 0 Å². The maximum atomic E-state index is 10.6. The van der Waals surface area contributed by atoms with Gasteiger partial charge >= 0.3 is 5.97 Å². The molecule has 0 aromatic rings. The van der Waals surface area contributed by atoms with Crippen LogP contribution in [-0.2, 0) is 4.79 Å². The molecule has 0 heterocycles. The quantitative estimate of drug-likeness (QED) is 0.571. The standard InChI is InChI=1S/C10H21NO2/c1-3-5-6-7-8-11-9(4-2)10(12)13/h9,11H,3-8H2,1-2H3,(H,12,13)/t9-/m0/s1. The number of hydrogen-bond acceptors (Lipinski definition) is 2. The van der Waals surface area contributed by atoms with Crippen molar-refractivity contribution in [1.82, 2.24) is 5.32 Å². The number of carboxylic acids is 1. The first-order valence-corrected chi connectivity index (χ1v) is 5.18. The zero-order chi connectivity index (χ0) is 10.1. The average Bonchev–Trinajstić information content (AvgIpc) is 2.10. The van der Waals surface area contributed by atoms with Crippen molar-refractivity contribution in [3.05, 3.63) is 0 Å². The maximum Gasteiger partial charge on any atom is 0.320 e. The Labute approximate surface area is 80.5 Å². The van der Waals surface area contributed by atoms with Gasteiger partial charge in [-0.3, -0.25) is 4.79 Å². The van der Waals surface area contributed by atoms with Crippen molar-refractivity contribution < 1.29 is 9.90 Å². The highest BCUT2D eigenvalue weighted by atomic mass is 16.4. The molecule has 0 aliphatic carbocycles. The van der Waals surface area contributed by atoms with Crippen LogP contribution in [0.3, 0.4) is 0 Å². The second kappa shape index (κ2) is 8.05. The first kappa shape index (κ1) is 12.4. The van der Waals surface area contributed by atoms with E-state index >= 15 is 0 Å². The fourth-order valence-corrected chi connectivity index (χ4v) is 1.23. The molecule has 0 aliphatic rings. The van der Waals surface area contributed by atoms with Crippen molar-refractivity contribution in [2.45, 2.75) is 52.0 Å². The van der Waals surface area contributed by atoms with Gasteiger partial charge in [0.2, 0.25) is 0 Å². The van der Waals surface area contributed by atoms with Crippen LogP contribution in [0.1, 0.15) is 46.0 Å². The Hall–Kier alpha value is -0.570. The predicted octanol–water partition coefficient (Wildman–Crippen LogP) is 2.02. The molecule has 0 rings (SSSR count). The molecule has 0 aromatic carbocycles. The molecule has 0 aliphatic heterocycles. The second-order valence-corrected chi connectivity index (χ2v) is 3.31. The predicted molar refractivity (Wildman–Crippen MR) is 53.9 cm³/mol. The van der Waals surface area contributed by atoms with E-state index in [1.165, 1.54) is 19.3 Å². The van der Waals surface area contributed by atoms with Crippen molar-refractivity contribution in [3.63, 3.8) is 0 Å². The molecular weight excluding hydrogens is 166 g/mol. The zero-order valence-electron chi connectivity index (χ0n) is 8.68. The van der Waals surface area contributed by atoms with Crippen molar-refractivity contribution in [1.29, 1.82) is 0 Å².